The zero-order valence-electron chi connectivity index (χ0n) is 27.8. The molecule has 1 N–H and O–H groups in total. The molecule has 2 unspecified atom stereocenters. The van der Waals surface area contributed by atoms with Crippen molar-refractivity contribution in [1.82, 2.24) is 5.32 Å². The van der Waals surface area contributed by atoms with Crippen LogP contribution in [0.2, 0.25) is 0 Å². The number of aryl methyl sites for hydroxylation is 4. The van der Waals surface area contributed by atoms with Crippen molar-refractivity contribution in [2.24, 2.45) is 0 Å². The van der Waals surface area contributed by atoms with Gasteiger partial charge < -0.3 is 14.8 Å². The summed E-state index contributed by atoms with van der Waals surface area (Å²) in [5, 5.41) is 3.99. The van der Waals surface area contributed by atoms with Gasteiger partial charge in [-0.1, -0.05) is 61.4 Å². The topological polar surface area (TPSA) is 30.5 Å². The normalized spacial score (nSPS) is 15.6. The number of ether oxygens (including phenoxy) is 2. The van der Waals surface area contributed by atoms with Crippen LogP contribution in [0.1, 0.15) is 82.0 Å². The minimum absolute atomic E-state index is 0.0697. The third-order valence-electron chi connectivity index (χ3n) is 9.92. The minimum atomic E-state index is -0.622. The summed E-state index contributed by atoms with van der Waals surface area (Å²) in [4.78, 5) is 0. The van der Waals surface area contributed by atoms with Crippen LogP contribution in [0.3, 0.4) is 0 Å². The molecule has 0 saturated heterocycles. The third kappa shape index (κ3) is 7.97. The van der Waals surface area contributed by atoms with Crippen LogP contribution in [0.5, 0.6) is 0 Å². The van der Waals surface area contributed by atoms with E-state index in [1.165, 1.54) is 42.0 Å². The first-order chi connectivity index (χ1) is 22.6. The number of benzene rings is 4. The molecule has 4 aromatic carbocycles. The lowest BCUT2D eigenvalue weighted by molar-refractivity contribution is 0.0679. The molecular formula is C40H45F4NO2. The van der Waals surface area contributed by atoms with Gasteiger partial charge in [0.25, 0.3) is 0 Å². The number of nitrogens with one attached hydrogen (secondary N) is 1. The second-order valence-electron chi connectivity index (χ2n) is 13.0. The first kappa shape index (κ1) is 34.8. The van der Waals surface area contributed by atoms with Gasteiger partial charge in [-0.15, -0.1) is 0 Å². The Morgan fingerprint density at radius 2 is 1.00 bits per heavy atom. The van der Waals surface area contributed by atoms with E-state index in [1.807, 2.05) is 12.1 Å². The maximum atomic E-state index is 14.5. The number of hydrogen-bond donors (Lipinski definition) is 1. The van der Waals surface area contributed by atoms with Crippen LogP contribution in [0.4, 0.5) is 17.6 Å². The number of halogens is 4. The van der Waals surface area contributed by atoms with Crippen LogP contribution in [-0.4, -0.2) is 25.3 Å². The molecule has 5 rings (SSSR count). The van der Waals surface area contributed by atoms with Gasteiger partial charge in [0.15, 0.2) is 0 Å². The second kappa shape index (κ2) is 15.6. The summed E-state index contributed by atoms with van der Waals surface area (Å²) < 4.78 is 70.1. The van der Waals surface area contributed by atoms with Gasteiger partial charge in [0.2, 0.25) is 0 Å². The van der Waals surface area contributed by atoms with Crippen LogP contribution >= 0.6 is 0 Å². The Morgan fingerprint density at radius 3 is 1.47 bits per heavy atom. The molecular weight excluding hydrogens is 602 g/mol. The summed E-state index contributed by atoms with van der Waals surface area (Å²) in [6.45, 7) is 9.13. The largest absolute Gasteiger partial charge is 0.376 e. The van der Waals surface area contributed by atoms with Crippen LogP contribution in [-0.2, 0) is 22.7 Å². The lowest BCUT2D eigenvalue weighted by Crippen LogP contribution is -2.51. The van der Waals surface area contributed by atoms with E-state index >= 15 is 0 Å². The predicted molar refractivity (Wildman–Crippen MR) is 179 cm³/mol. The van der Waals surface area contributed by atoms with Gasteiger partial charge in [-0.3, -0.25) is 0 Å². The maximum Gasteiger partial charge on any atom is 0.131 e. The minimum Gasteiger partial charge on any atom is -0.376 e. The van der Waals surface area contributed by atoms with E-state index < -0.39 is 23.3 Å². The Kier molecular flexibility index (Phi) is 11.5. The zero-order valence-corrected chi connectivity index (χ0v) is 27.8. The molecule has 0 bridgehead atoms. The molecule has 0 heterocycles. The van der Waals surface area contributed by atoms with Gasteiger partial charge in [0.1, 0.15) is 23.3 Å². The monoisotopic (exact) mass is 647 g/mol. The molecule has 1 fully saturated rings. The zero-order chi connectivity index (χ0) is 33.6. The molecule has 0 amide bonds. The second-order valence-corrected chi connectivity index (χ2v) is 13.0. The molecule has 1 aliphatic carbocycles. The first-order valence-electron chi connectivity index (χ1n) is 16.5. The summed E-state index contributed by atoms with van der Waals surface area (Å²) >= 11 is 0. The quantitative estimate of drug-likeness (QED) is 0.138. The lowest BCUT2D eigenvalue weighted by Gasteiger charge is -2.41. The highest BCUT2D eigenvalue weighted by Crippen LogP contribution is 2.44. The van der Waals surface area contributed by atoms with Crippen LogP contribution in [0.15, 0.2) is 72.8 Å². The van der Waals surface area contributed by atoms with E-state index in [1.54, 1.807) is 0 Å². The standard InChI is InChI=1S/C40H45F4NO2/c1-26-11-7-12-27(2)38(26)30(22-46-23-31-34(41)15-9-16-35(31)42)21-45-40(19-5-6-20-40)33(39-28(3)13-8-14-29(39)4)25-47-24-32-36(43)17-10-18-37(32)44/h7-18,30,33,45H,5-6,19-25H2,1-4H3. The summed E-state index contributed by atoms with van der Waals surface area (Å²) in [7, 11) is 0. The smallest absolute Gasteiger partial charge is 0.131 e. The molecule has 0 aromatic heterocycles. The maximum absolute atomic E-state index is 14.5. The Balaban J connectivity index is 1.43. The van der Waals surface area contributed by atoms with Crippen molar-refractivity contribution in [3.05, 3.63) is 141 Å². The highest BCUT2D eigenvalue weighted by atomic mass is 19.1. The van der Waals surface area contributed by atoms with E-state index in [0.717, 1.165) is 53.5 Å². The van der Waals surface area contributed by atoms with Crippen molar-refractivity contribution in [2.75, 3.05) is 19.8 Å². The van der Waals surface area contributed by atoms with Crippen molar-refractivity contribution < 1.29 is 27.0 Å². The molecule has 3 nitrogen and oxygen atoms in total. The highest BCUT2D eigenvalue weighted by Gasteiger charge is 2.43. The van der Waals surface area contributed by atoms with Gasteiger partial charge >= 0.3 is 0 Å². The van der Waals surface area contributed by atoms with Crippen LogP contribution < -0.4 is 5.32 Å². The van der Waals surface area contributed by atoms with Crippen molar-refractivity contribution in [1.29, 1.82) is 0 Å². The van der Waals surface area contributed by atoms with Gasteiger partial charge in [0, 0.05) is 35.0 Å². The number of hydrogen-bond acceptors (Lipinski definition) is 3. The molecule has 0 spiro atoms. The molecule has 4 aromatic rings. The van der Waals surface area contributed by atoms with Crippen LogP contribution in [0.25, 0.3) is 0 Å². The molecule has 2 atom stereocenters. The molecule has 7 heteroatoms. The van der Waals surface area contributed by atoms with Crippen molar-refractivity contribution >= 4 is 0 Å². The number of rotatable bonds is 14. The fourth-order valence-corrected chi connectivity index (χ4v) is 7.52. The fourth-order valence-electron chi connectivity index (χ4n) is 7.52. The predicted octanol–water partition coefficient (Wildman–Crippen LogP) is 9.68. The van der Waals surface area contributed by atoms with Crippen molar-refractivity contribution in [2.45, 2.75) is 84.0 Å². The summed E-state index contributed by atoms with van der Waals surface area (Å²) in [5.74, 6) is -2.67. The fraction of sp³-hybridized carbons (Fsp3) is 0.400. The highest BCUT2D eigenvalue weighted by molar-refractivity contribution is 5.40. The van der Waals surface area contributed by atoms with Crippen LogP contribution in [0, 0.1) is 51.0 Å². The van der Waals surface area contributed by atoms with Gasteiger partial charge in [0.05, 0.1) is 26.4 Å². The Labute approximate surface area is 276 Å². The Hall–Kier alpha value is -3.52. The third-order valence-corrected chi connectivity index (χ3v) is 9.92. The molecule has 0 radical (unpaired) electrons. The molecule has 1 saturated carbocycles. The van der Waals surface area contributed by atoms with Gasteiger partial charge in [-0.2, -0.15) is 0 Å². The molecule has 250 valence electrons. The van der Waals surface area contributed by atoms with E-state index in [-0.39, 0.29) is 54.9 Å². The van der Waals surface area contributed by atoms with Crippen molar-refractivity contribution in [3.63, 3.8) is 0 Å². The van der Waals surface area contributed by atoms with Crippen molar-refractivity contribution in [3.8, 4) is 0 Å². The molecule has 1 aliphatic rings. The summed E-state index contributed by atoms with van der Waals surface area (Å²) in [5.41, 5.74) is 6.38. The van der Waals surface area contributed by atoms with Gasteiger partial charge in [-0.05, 0) is 98.2 Å². The SMILES string of the molecule is Cc1cccc(C)c1C(CNC1(C(COCc2c(F)cccc2F)c2c(C)cccc2C)CCCC1)COCc1c(F)cccc1F. The Morgan fingerprint density at radius 1 is 0.596 bits per heavy atom. The molecule has 47 heavy (non-hydrogen) atoms. The Bertz CT molecular complexity index is 1590. The average Bonchev–Trinajstić information content (AvgIpc) is 3.51. The van der Waals surface area contributed by atoms with E-state index in [2.05, 4.69) is 57.3 Å². The van der Waals surface area contributed by atoms with E-state index in [9.17, 15) is 17.6 Å². The van der Waals surface area contributed by atoms with Gasteiger partial charge in [-0.25, -0.2) is 17.6 Å². The summed E-state index contributed by atoms with van der Waals surface area (Å²) in [6, 6.07) is 20.1. The molecule has 0 aliphatic heterocycles. The average molecular weight is 648 g/mol. The lowest BCUT2D eigenvalue weighted by atomic mass is 9.74. The van der Waals surface area contributed by atoms with E-state index in [0.29, 0.717) is 6.54 Å². The summed E-state index contributed by atoms with van der Waals surface area (Å²) in [6.07, 6.45) is 3.88. The first-order valence-corrected chi connectivity index (χ1v) is 16.5. The van der Waals surface area contributed by atoms with E-state index in [4.69, 9.17) is 9.47 Å².